The second-order valence-corrected chi connectivity index (χ2v) is 6.41. The van der Waals surface area contributed by atoms with E-state index >= 15 is 0 Å². The Morgan fingerprint density at radius 2 is 1.80 bits per heavy atom. The van der Waals surface area contributed by atoms with Gasteiger partial charge in [0, 0.05) is 35.2 Å². The highest BCUT2D eigenvalue weighted by molar-refractivity contribution is 9.10. The highest BCUT2D eigenvalue weighted by atomic mass is 79.9. The molecule has 0 aliphatic carbocycles. The molecule has 104 valence electrons. The first kappa shape index (κ1) is 14.1. The van der Waals surface area contributed by atoms with Crippen molar-refractivity contribution >= 4 is 27.5 Å². The number of hydrogen-bond donors (Lipinski definition) is 1. The summed E-state index contributed by atoms with van der Waals surface area (Å²) in [5.74, 6) is 0. The minimum absolute atomic E-state index is 0.156. The van der Waals surface area contributed by atoms with E-state index in [9.17, 15) is 0 Å². The summed E-state index contributed by atoms with van der Waals surface area (Å²) in [6, 6.07) is 14.7. The Labute approximate surface area is 132 Å². The van der Waals surface area contributed by atoms with Gasteiger partial charge >= 0.3 is 0 Å². The molecule has 0 saturated heterocycles. The second kappa shape index (κ2) is 5.86. The van der Waals surface area contributed by atoms with Crippen LogP contribution in [0.4, 0.5) is 0 Å². The largest absolute Gasteiger partial charge is 0.329 e. The van der Waals surface area contributed by atoms with Gasteiger partial charge in [-0.2, -0.15) is 0 Å². The average Bonchev–Trinajstić information content (AvgIpc) is 2.85. The minimum atomic E-state index is 0.156. The SMILES string of the molecule is NCC(c1ccc(Br)cc1Cl)N1Cc2ccccc2C1. The van der Waals surface area contributed by atoms with Crippen LogP contribution in [0.1, 0.15) is 22.7 Å². The number of halogens is 2. The molecule has 0 radical (unpaired) electrons. The summed E-state index contributed by atoms with van der Waals surface area (Å²) in [5.41, 5.74) is 9.89. The molecule has 1 aliphatic rings. The number of nitrogens with two attached hydrogens (primary N) is 1. The maximum atomic E-state index is 6.38. The molecular formula is C16H16BrClN2. The van der Waals surface area contributed by atoms with Crippen LogP contribution >= 0.6 is 27.5 Å². The summed E-state index contributed by atoms with van der Waals surface area (Å²) in [6.45, 7) is 2.43. The maximum absolute atomic E-state index is 6.38. The molecule has 4 heteroatoms. The first-order valence-electron chi connectivity index (χ1n) is 6.65. The summed E-state index contributed by atoms with van der Waals surface area (Å²) >= 11 is 9.83. The molecule has 2 aromatic carbocycles. The third-order valence-electron chi connectivity index (χ3n) is 3.85. The highest BCUT2D eigenvalue weighted by Crippen LogP contribution is 2.34. The van der Waals surface area contributed by atoms with Gasteiger partial charge in [-0.05, 0) is 28.8 Å². The molecule has 0 bridgehead atoms. The summed E-state index contributed by atoms with van der Waals surface area (Å²) < 4.78 is 0.992. The van der Waals surface area contributed by atoms with Crippen LogP contribution in [0.3, 0.4) is 0 Å². The van der Waals surface area contributed by atoms with E-state index in [-0.39, 0.29) is 6.04 Å². The topological polar surface area (TPSA) is 29.3 Å². The molecule has 1 heterocycles. The van der Waals surface area contributed by atoms with Crippen molar-refractivity contribution in [3.63, 3.8) is 0 Å². The van der Waals surface area contributed by atoms with E-state index in [1.807, 2.05) is 12.1 Å². The van der Waals surface area contributed by atoms with Crippen molar-refractivity contribution < 1.29 is 0 Å². The third-order valence-corrected chi connectivity index (χ3v) is 4.67. The molecule has 2 nitrogen and oxygen atoms in total. The van der Waals surface area contributed by atoms with Crippen molar-refractivity contribution in [2.75, 3.05) is 6.54 Å². The van der Waals surface area contributed by atoms with Crippen LogP contribution in [0, 0.1) is 0 Å². The van der Waals surface area contributed by atoms with Crippen LogP contribution in [-0.4, -0.2) is 11.4 Å². The van der Waals surface area contributed by atoms with Crippen LogP contribution < -0.4 is 5.73 Å². The van der Waals surface area contributed by atoms with Crippen molar-refractivity contribution in [3.05, 3.63) is 68.7 Å². The Kier molecular flexibility index (Phi) is 4.13. The molecule has 0 fully saturated rings. The van der Waals surface area contributed by atoms with E-state index in [0.717, 1.165) is 28.1 Å². The van der Waals surface area contributed by atoms with Crippen molar-refractivity contribution in [2.24, 2.45) is 5.73 Å². The Balaban J connectivity index is 1.89. The van der Waals surface area contributed by atoms with Crippen LogP contribution in [0.25, 0.3) is 0 Å². The quantitative estimate of drug-likeness (QED) is 0.901. The van der Waals surface area contributed by atoms with Crippen LogP contribution in [0.15, 0.2) is 46.9 Å². The fourth-order valence-electron chi connectivity index (χ4n) is 2.82. The fourth-order valence-corrected chi connectivity index (χ4v) is 3.62. The molecule has 1 atom stereocenters. The van der Waals surface area contributed by atoms with Crippen LogP contribution in [-0.2, 0) is 13.1 Å². The zero-order valence-electron chi connectivity index (χ0n) is 11.0. The predicted molar refractivity (Wildman–Crippen MR) is 86.6 cm³/mol. The van der Waals surface area contributed by atoms with Gasteiger partial charge in [-0.25, -0.2) is 0 Å². The number of fused-ring (bicyclic) bond motifs is 1. The van der Waals surface area contributed by atoms with Gasteiger partial charge in [-0.1, -0.05) is 57.9 Å². The molecule has 1 aliphatic heterocycles. The van der Waals surface area contributed by atoms with Gasteiger partial charge in [0.2, 0.25) is 0 Å². The fraction of sp³-hybridized carbons (Fsp3) is 0.250. The number of nitrogens with zero attached hydrogens (tertiary/aromatic N) is 1. The lowest BCUT2D eigenvalue weighted by molar-refractivity contribution is 0.205. The van der Waals surface area contributed by atoms with Crippen molar-refractivity contribution in [1.29, 1.82) is 0 Å². The van der Waals surface area contributed by atoms with E-state index in [2.05, 4.69) is 51.2 Å². The van der Waals surface area contributed by atoms with Gasteiger partial charge in [0.05, 0.1) is 0 Å². The minimum Gasteiger partial charge on any atom is -0.329 e. The summed E-state index contributed by atoms with van der Waals surface area (Å²) in [5, 5.41) is 0.769. The molecule has 0 spiro atoms. The lowest BCUT2D eigenvalue weighted by atomic mass is 10.1. The van der Waals surface area contributed by atoms with Gasteiger partial charge in [0.15, 0.2) is 0 Å². The van der Waals surface area contributed by atoms with Crippen molar-refractivity contribution in [2.45, 2.75) is 19.1 Å². The highest BCUT2D eigenvalue weighted by Gasteiger charge is 2.27. The smallest absolute Gasteiger partial charge is 0.0492 e. The average molecular weight is 352 g/mol. The van der Waals surface area contributed by atoms with E-state index in [4.69, 9.17) is 17.3 Å². The normalized spacial score (nSPS) is 16.1. The van der Waals surface area contributed by atoms with E-state index in [0.29, 0.717) is 6.54 Å². The van der Waals surface area contributed by atoms with Gasteiger partial charge in [-0.3, -0.25) is 4.90 Å². The number of hydrogen-bond acceptors (Lipinski definition) is 2. The lowest BCUT2D eigenvalue weighted by Gasteiger charge is -2.27. The van der Waals surface area contributed by atoms with Gasteiger partial charge in [-0.15, -0.1) is 0 Å². The Morgan fingerprint density at radius 3 is 2.35 bits per heavy atom. The zero-order chi connectivity index (χ0) is 14.1. The first-order valence-corrected chi connectivity index (χ1v) is 7.82. The predicted octanol–water partition coefficient (Wildman–Crippen LogP) is 4.12. The molecule has 2 N–H and O–H groups in total. The Bertz CT molecular complexity index is 605. The Morgan fingerprint density at radius 1 is 1.15 bits per heavy atom. The lowest BCUT2D eigenvalue weighted by Crippen LogP contribution is -2.29. The summed E-state index contributed by atoms with van der Waals surface area (Å²) in [4.78, 5) is 2.39. The van der Waals surface area contributed by atoms with E-state index in [1.165, 1.54) is 11.1 Å². The van der Waals surface area contributed by atoms with Gasteiger partial charge in [0.25, 0.3) is 0 Å². The zero-order valence-corrected chi connectivity index (χ0v) is 13.4. The Hall–Kier alpha value is -0.870. The molecule has 0 saturated carbocycles. The molecule has 3 rings (SSSR count). The van der Waals surface area contributed by atoms with Crippen molar-refractivity contribution in [1.82, 2.24) is 4.90 Å². The van der Waals surface area contributed by atoms with Gasteiger partial charge in [0.1, 0.15) is 0 Å². The molecule has 2 aromatic rings. The van der Waals surface area contributed by atoms with E-state index in [1.54, 1.807) is 0 Å². The molecule has 0 aromatic heterocycles. The standard InChI is InChI=1S/C16H16BrClN2/c17-13-5-6-14(15(18)7-13)16(8-19)20-9-11-3-1-2-4-12(11)10-20/h1-7,16H,8-10,19H2. The second-order valence-electron chi connectivity index (χ2n) is 5.09. The molecule has 0 amide bonds. The van der Waals surface area contributed by atoms with E-state index < -0.39 is 0 Å². The van der Waals surface area contributed by atoms with Crippen LogP contribution in [0.2, 0.25) is 5.02 Å². The number of benzene rings is 2. The summed E-state index contributed by atoms with van der Waals surface area (Å²) in [6.07, 6.45) is 0. The first-order chi connectivity index (χ1) is 9.69. The summed E-state index contributed by atoms with van der Waals surface area (Å²) in [7, 11) is 0. The maximum Gasteiger partial charge on any atom is 0.0492 e. The van der Waals surface area contributed by atoms with Crippen LogP contribution in [0.5, 0.6) is 0 Å². The molecule has 1 unspecified atom stereocenters. The molecular weight excluding hydrogens is 336 g/mol. The number of rotatable bonds is 3. The third kappa shape index (κ3) is 2.63. The monoisotopic (exact) mass is 350 g/mol. The molecule has 20 heavy (non-hydrogen) atoms. The van der Waals surface area contributed by atoms with Gasteiger partial charge < -0.3 is 5.73 Å². The van der Waals surface area contributed by atoms with Crippen molar-refractivity contribution in [3.8, 4) is 0 Å².